The van der Waals surface area contributed by atoms with Crippen molar-refractivity contribution in [2.75, 3.05) is 0 Å². The number of nitrogens with zero attached hydrogens (tertiary/aromatic N) is 2. The highest BCUT2D eigenvalue weighted by molar-refractivity contribution is 5.08. The molecule has 2 aliphatic carbocycles. The van der Waals surface area contributed by atoms with Gasteiger partial charge in [0.15, 0.2) is 0 Å². The van der Waals surface area contributed by atoms with Crippen molar-refractivity contribution in [3.8, 4) is 0 Å². The average Bonchev–Trinajstić information content (AvgIpc) is 3.11. The highest BCUT2D eigenvalue weighted by atomic mass is 15.3. The van der Waals surface area contributed by atoms with Crippen LogP contribution >= 0.6 is 0 Å². The molecule has 0 radical (unpaired) electrons. The molecule has 2 bridgehead atoms. The van der Waals surface area contributed by atoms with Gasteiger partial charge in [-0.1, -0.05) is 6.42 Å². The highest BCUT2D eigenvalue weighted by Crippen LogP contribution is 2.49. The third kappa shape index (κ3) is 2.19. The second kappa shape index (κ2) is 5.02. The van der Waals surface area contributed by atoms with Crippen molar-refractivity contribution in [2.45, 2.75) is 51.6 Å². The zero-order valence-corrected chi connectivity index (χ0v) is 11.2. The van der Waals surface area contributed by atoms with Crippen molar-refractivity contribution in [3.63, 3.8) is 0 Å². The number of hydrazine groups is 1. The Hall–Kier alpha value is -0.870. The first-order chi connectivity index (χ1) is 8.80. The molecule has 1 heterocycles. The fourth-order valence-electron chi connectivity index (χ4n) is 4.06. The van der Waals surface area contributed by atoms with Gasteiger partial charge in [-0.25, -0.2) is 0 Å². The molecule has 0 amide bonds. The molecule has 1 aromatic heterocycles. The standard InChI is InChI=1S/C14H24N4/c1-2-18-9-11(8-16-18)7-14(17-15)13-6-10-3-4-12(13)5-10/h8-10,12-14,17H,2-7,15H2,1H3. The van der Waals surface area contributed by atoms with Gasteiger partial charge >= 0.3 is 0 Å². The van der Waals surface area contributed by atoms with Crippen molar-refractivity contribution in [1.29, 1.82) is 0 Å². The van der Waals surface area contributed by atoms with Gasteiger partial charge in [0.2, 0.25) is 0 Å². The molecule has 100 valence electrons. The van der Waals surface area contributed by atoms with E-state index in [1.54, 1.807) is 0 Å². The van der Waals surface area contributed by atoms with Crippen LogP contribution in [0, 0.1) is 17.8 Å². The summed E-state index contributed by atoms with van der Waals surface area (Å²) in [6.07, 6.45) is 10.8. The van der Waals surface area contributed by atoms with E-state index in [1.165, 1.54) is 31.2 Å². The Balaban J connectivity index is 1.65. The van der Waals surface area contributed by atoms with Crippen LogP contribution in [0.25, 0.3) is 0 Å². The van der Waals surface area contributed by atoms with Crippen LogP contribution in [0.2, 0.25) is 0 Å². The largest absolute Gasteiger partial charge is 0.273 e. The minimum Gasteiger partial charge on any atom is -0.273 e. The van der Waals surface area contributed by atoms with E-state index < -0.39 is 0 Å². The lowest BCUT2D eigenvalue weighted by Crippen LogP contribution is -2.44. The van der Waals surface area contributed by atoms with E-state index >= 15 is 0 Å². The predicted octanol–water partition coefficient (Wildman–Crippen LogP) is 1.71. The molecule has 2 aliphatic rings. The van der Waals surface area contributed by atoms with Crippen LogP contribution in [0.3, 0.4) is 0 Å². The maximum Gasteiger partial charge on any atom is 0.0522 e. The number of nitrogens with one attached hydrogen (secondary N) is 1. The van der Waals surface area contributed by atoms with E-state index in [2.05, 4.69) is 23.6 Å². The SMILES string of the molecule is CCn1cc(CC(NN)C2CC3CCC2C3)cn1. The fourth-order valence-corrected chi connectivity index (χ4v) is 4.06. The van der Waals surface area contributed by atoms with Gasteiger partial charge in [-0.3, -0.25) is 16.0 Å². The maximum absolute atomic E-state index is 5.79. The van der Waals surface area contributed by atoms with Crippen molar-refractivity contribution in [3.05, 3.63) is 18.0 Å². The van der Waals surface area contributed by atoms with E-state index in [9.17, 15) is 0 Å². The molecule has 0 spiro atoms. The van der Waals surface area contributed by atoms with Crippen molar-refractivity contribution in [1.82, 2.24) is 15.2 Å². The molecule has 3 N–H and O–H groups in total. The van der Waals surface area contributed by atoms with Crippen LogP contribution in [0.5, 0.6) is 0 Å². The third-order valence-electron chi connectivity index (χ3n) is 4.99. The first-order valence-electron chi connectivity index (χ1n) is 7.27. The molecule has 1 aromatic rings. The molecule has 0 aromatic carbocycles. The van der Waals surface area contributed by atoms with Crippen LogP contribution in [-0.4, -0.2) is 15.8 Å². The van der Waals surface area contributed by atoms with Gasteiger partial charge < -0.3 is 0 Å². The van der Waals surface area contributed by atoms with Crippen LogP contribution in [-0.2, 0) is 13.0 Å². The number of hydrogen-bond donors (Lipinski definition) is 2. The zero-order chi connectivity index (χ0) is 12.5. The first kappa shape index (κ1) is 12.2. The summed E-state index contributed by atoms with van der Waals surface area (Å²) in [5.74, 6) is 8.47. The summed E-state index contributed by atoms with van der Waals surface area (Å²) >= 11 is 0. The first-order valence-corrected chi connectivity index (χ1v) is 7.27. The van der Waals surface area contributed by atoms with Gasteiger partial charge in [-0.15, -0.1) is 0 Å². The van der Waals surface area contributed by atoms with Crippen LogP contribution in [0.1, 0.15) is 38.2 Å². The van der Waals surface area contributed by atoms with E-state index in [1.807, 2.05) is 10.9 Å². The normalized spacial score (nSPS) is 32.0. The Bertz CT molecular complexity index is 400. The van der Waals surface area contributed by atoms with Crippen molar-refractivity contribution < 1.29 is 0 Å². The Morgan fingerprint density at radius 2 is 2.39 bits per heavy atom. The molecule has 2 fully saturated rings. The minimum atomic E-state index is 0.426. The zero-order valence-electron chi connectivity index (χ0n) is 11.2. The number of hydrogen-bond acceptors (Lipinski definition) is 3. The number of fused-ring (bicyclic) bond motifs is 2. The van der Waals surface area contributed by atoms with E-state index in [0.29, 0.717) is 6.04 Å². The Morgan fingerprint density at radius 1 is 1.50 bits per heavy atom. The number of nitrogens with two attached hydrogens (primary N) is 1. The van der Waals surface area contributed by atoms with Crippen LogP contribution in [0.15, 0.2) is 12.4 Å². The lowest BCUT2D eigenvalue weighted by Gasteiger charge is -2.29. The monoisotopic (exact) mass is 248 g/mol. The molecule has 2 saturated carbocycles. The molecule has 0 aliphatic heterocycles. The third-order valence-corrected chi connectivity index (χ3v) is 4.99. The molecule has 3 rings (SSSR count). The van der Waals surface area contributed by atoms with Crippen LogP contribution in [0.4, 0.5) is 0 Å². The van der Waals surface area contributed by atoms with E-state index in [-0.39, 0.29) is 0 Å². The summed E-state index contributed by atoms with van der Waals surface area (Å²) < 4.78 is 1.99. The Kier molecular flexibility index (Phi) is 3.39. The summed E-state index contributed by atoms with van der Waals surface area (Å²) in [5.41, 5.74) is 4.38. The van der Waals surface area contributed by atoms with Crippen molar-refractivity contribution >= 4 is 0 Å². The molecule has 4 atom stereocenters. The van der Waals surface area contributed by atoms with E-state index in [0.717, 1.165) is 30.7 Å². The predicted molar refractivity (Wildman–Crippen MR) is 71.7 cm³/mol. The van der Waals surface area contributed by atoms with Crippen molar-refractivity contribution in [2.24, 2.45) is 23.6 Å². The summed E-state index contributed by atoms with van der Waals surface area (Å²) in [4.78, 5) is 0. The van der Waals surface area contributed by atoms with Gasteiger partial charge in [0.1, 0.15) is 0 Å². The van der Waals surface area contributed by atoms with E-state index in [4.69, 9.17) is 5.84 Å². The molecule has 18 heavy (non-hydrogen) atoms. The van der Waals surface area contributed by atoms with Gasteiger partial charge in [0.05, 0.1) is 6.20 Å². The second-order valence-corrected chi connectivity index (χ2v) is 6.02. The number of aromatic nitrogens is 2. The quantitative estimate of drug-likeness (QED) is 0.616. The van der Waals surface area contributed by atoms with Gasteiger partial charge in [0.25, 0.3) is 0 Å². The van der Waals surface area contributed by atoms with Gasteiger partial charge in [-0.05, 0) is 55.9 Å². The Morgan fingerprint density at radius 3 is 2.94 bits per heavy atom. The maximum atomic E-state index is 5.79. The molecular weight excluding hydrogens is 224 g/mol. The molecule has 4 nitrogen and oxygen atoms in total. The average molecular weight is 248 g/mol. The summed E-state index contributed by atoms with van der Waals surface area (Å²) in [5, 5.41) is 4.34. The number of aryl methyl sites for hydroxylation is 1. The van der Waals surface area contributed by atoms with Gasteiger partial charge in [0, 0.05) is 18.8 Å². The topological polar surface area (TPSA) is 55.9 Å². The highest BCUT2D eigenvalue weighted by Gasteiger charge is 2.42. The summed E-state index contributed by atoms with van der Waals surface area (Å²) in [6, 6.07) is 0.426. The minimum absolute atomic E-state index is 0.426. The van der Waals surface area contributed by atoms with Gasteiger partial charge in [-0.2, -0.15) is 5.10 Å². The smallest absolute Gasteiger partial charge is 0.0522 e. The molecule has 4 heteroatoms. The Labute approximate surface area is 109 Å². The van der Waals surface area contributed by atoms with Crippen LogP contribution < -0.4 is 11.3 Å². The molecule has 0 saturated heterocycles. The molecular formula is C14H24N4. The fraction of sp³-hybridized carbons (Fsp3) is 0.786. The summed E-state index contributed by atoms with van der Waals surface area (Å²) in [6.45, 7) is 3.06. The molecule has 4 unspecified atom stereocenters. The number of rotatable bonds is 5. The lowest BCUT2D eigenvalue weighted by molar-refractivity contribution is 0.248. The lowest BCUT2D eigenvalue weighted by atomic mass is 9.81. The summed E-state index contributed by atoms with van der Waals surface area (Å²) in [7, 11) is 0. The second-order valence-electron chi connectivity index (χ2n) is 6.02.